The van der Waals surface area contributed by atoms with Gasteiger partial charge in [-0.3, -0.25) is 24.0 Å². The van der Waals surface area contributed by atoms with E-state index in [1.165, 1.54) is 11.0 Å². The molecule has 3 saturated carbocycles. The Morgan fingerprint density at radius 1 is 1.02 bits per heavy atom. The van der Waals surface area contributed by atoms with Crippen LogP contribution in [0.2, 0.25) is 0 Å². The molecular weight excluding hydrogens is 666 g/mol. The average molecular weight is 712 g/mol. The number of carbonyl (C=O) groups is 5. The Hall–Kier alpha value is -4.14. The summed E-state index contributed by atoms with van der Waals surface area (Å²) in [5, 5.41) is 4.91. The number of sulfonamides is 1. The first-order valence-electron chi connectivity index (χ1n) is 17.8. The lowest BCUT2D eigenvalue weighted by Gasteiger charge is -2.32. The topological polar surface area (TPSA) is 181 Å². The van der Waals surface area contributed by atoms with Crippen LogP contribution in [-0.4, -0.2) is 90.3 Å². The van der Waals surface area contributed by atoms with Gasteiger partial charge >= 0.3 is 12.2 Å². The molecule has 3 heterocycles. The summed E-state index contributed by atoms with van der Waals surface area (Å²) >= 11 is 0. The van der Waals surface area contributed by atoms with Crippen LogP contribution in [0.5, 0.6) is 0 Å². The third-order valence-corrected chi connectivity index (χ3v) is 13.0. The molecule has 0 aromatic heterocycles. The van der Waals surface area contributed by atoms with E-state index >= 15 is 0 Å². The lowest BCUT2D eigenvalue weighted by atomic mass is 9.96. The van der Waals surface area contributed by atoms with Crippen LogP contribution >= 0.6 is 0 Å². The van der Waals surface area contributed by atoms with Crippen molar-refractivity contribution >= 4 is 39.9 Å². The molecule has 15 heteroatoms. The summed E-state index contributed by atoms with van der Waals surface area (Å²) in [5.41, 5.74) is 1.67. The van der Waals surface area contributed by atoms with Gasteiger partial charge < -0.3 is 25.0 Å². The van der Waals surface area contributed by atoms with Crippen molar-refractivity contribution < 1.29 is 41.9 Å². The molecule has 3 N–H and O–H groups in total. The summed E-state index contributed by atoms with van der Waals surface area (Å²) in [6.07, 6.45) is 5.70. The highest BCUT2D eigenvalue weighted by molar-refractivity contribution is 7.91. The Balaban J connectivity index is 1.15. The lowest BCUT2D eigenvalue weighted by Crippen LogP contribution is -2.59. The Bertz CT molecular complexity index is 1690. The minimum absolute atomic E-state index is 0.0476. The molecule has 14 nitrogen and oxygen atoms in total. The second-order valence-corrected chi connectivity index (χ2v) is 16.6. The number of fused-ring (bicyclic) bond motifs is 3. The highest BCUT2D eigenvalue weighted by atomic mass is 32.2. The van der Waals surface area contributed by atoms with Gasteiger partial charge in [0.05, 0.1) is 18.4 Å². The van der Waals surface area contributed by atoms with Crippen LogP contribution in [0.15, 0.2) is 30.9 Å². The van der Waals surface area contributed by atoms with Gasteiger partial charge in [0.2, 0.25) is 21.8 Å². The van der Waals surface area contributed by atoms with Crippen LogP contribution in [0.25, 0.3) is 0 Å². The molecule has 4 bridgehead atoms. The fourth-order valence-corrected chi connectivity index (χ4v) is 9.43. The fourth-order valence-electron chi connectivity index (χ4n) is 8.07. The number of ether oxygens (including phenoxy) is 2. The van der Waals surface area contributed by atoms with E-state index in [1.54, 1.807) is 4.90 Å². The Morgan fingerprint density at radius 3 is 2.50 bits per heavy atom. The van der Waals surface area contributed by atoms with Crippen LogP contribution < -0.4 is 15.4 Å². The van der Waals surface area contributed by atoms with Crippen LogP contribution in [0.3, 0.4) is 0 Å². The van der Waals surface area contributed by atoms with Crippen molar-refractivity contribution in [1.82, 2.24) is 25.2 Å². The minimum Gasteiger partial charge on any atom is -0.450 e. The largest absolute Gasteiger partial charge is 0.450 e. The summed E-state index contributed by atoms with van der Waals surface area (Å²) in [5.74, 6) is -2.74. The third kappa shape index (κ3) is 6.80. The second-order valence-electron chi connectivity index (χ2n) is 14.6. The first-order chi connectivity index (χ1) is 24.0. The molecule has 4 fully saturated rings. The fraction of sp³-hybridized carbons (Fsp3) is 0.629. The number of hydrogen-bond donors (Lipinski definition) is 3. The van der Waals surface area contributed by atoms with Crippen molar-refractivity contribution in [3.63, 3.8) is 0 Å². The van der Waals surface area contributed by atoms with E-state index in [0.29, 0.717) is 45.2 Å². The van der Waals surface area contributed by atoms with Gasteiger partial charge in [-0.05, 0) is 74.0 Å². The van der Waals surface area contributed by atoms with Crippen molar-refractivity contribution in [2.45, 2.75) is 113 Å². The van der Waals surface area contributed by atoms with E-state index in [-0.39, 0.29) is 31.9 Å². The number of nitrogens with one attached hydrogen (secondary N) is 3. The maximum absolute atomic E-state index is 14.4. The smallest absolute Gasteiger partial charge is 0.410 e. The lowest BCUT2D eigenvalue weighted by molar-refractivity contribution is -0.142. The van der Waals surface area contributed by atoms with E-state index in [4.69, 9.17) is 9.47 Å². The molecule has 5 amide bonds. The van der Waals surface area contributed by atoms with Gasteiger partial charge in [0.15, 0.2) is 0 Å². The number of nitrogens with zero attached hydrogens (tertiary/aromatic N) is 2. The number of carbonyl (C=O) groups excluding carboxylic acids is 5. The van der Waals surface area contributed by atoms with Gasteiger partial charge in [-0.2, -0.15) is 0 Å². The molecule has 3 aliphatic heterocycles. The van der Waals surface area contributed by atoms with Gasteiger partial charge in [0.25, 0.3) is 5.91 Å². The van der Waals surface area contributed by atoms with Crippen LogP contribution in [0.1, 0.15) is 80.9 Å². The number of cyclic esters (lactones) is 1. The van der Waals surface area contributed by atoms with Gasteiger partial charge in [-0.1, -0.05) is 37.1 Å². The van der Waals surface area contributed by atoms with Crippen molar-refractivity contribution in [3.05, 3.63) is 47.5 Å². The highest BCUT2D eigenvalue weighted by Crippen LogP contribution is 2.45. The first kappa shape index (κ1) is 34.3. The van der Waals surface area contributed by atoms with Gasteiger partial charge in [-0.25, -0.2) is 18.0 Å². The Kier molecular flexibility index (Phi) is 9.29. The summed E-state index contributed by atoms with van der Waals surface area (Å²) in [6, 6.07) is 3.85. The van der Waals surface area contributed by atoms with E-state index < -0.39 is 74.8 Å². The predicted octanol–water partition coefficient (Wildman–Crippen LogP) is 2.40. The maximum Gasteiger partial charge on any atom is 0.410 e. The van der Waals surface area contributed by atoms with Gasteiger partial charge in [0, 0.05) is 25.4 Å². The molecule has 50 heavy (non-hydrogen) atoms. The minimum atomic E-state index is -3.89. The van der Waals surface area contributed by atoms with Crippen LogP contribution in [0.4, 0.5) is 9.59 Å². The number of aryl methyl sites for hydroxylation is 1. The van der Waals surface area contributed by atoms with Crippen molar-refractivity contribution in [2.75, 3.05) is 13.2 Å². The molecule has 0 unspecified atom stereocenters. The van der Waals surface area contributed by atoms with Gasteiger partial charge in [0.1, 0.15) is 23.7 Å². The van der Waals surface area contributed by atoms with E-state index in [9.17, 15) is 32.4 Å². The average Bonchev–Trinajstić information content (AvgIpc) is 3.86. The van der Waals surface area contributed by atoms with E-state index in [2.05, 4.69) is 21.9 Å². The predicted molar refractivity (Wildman–Crippen MR) is 179 cm³/mol. The Morgan fingerprint density at radius 2 is 1.78 bits per heavy atom. The first-order valence-corrected chi connectivity index (χ1v) is 19.3. The van der Waals surface area contributed by atoms with Crippen LogP contribution in [0, 0.1) is 11.8 Å². The molecule has 0 radical (unpaired) electrons. The standard InChI is InChI=1S/C35H45N5O9S/c1-2-24-17-35(24,32(43)38-50(46,47)26-13-14-26)37-30(41)28-16-25-19-40(28)31(42)29(22-9-3-4-10-22)36-33(44)48-15-6-5-8-21-11-7-12-23-18-39(20-27(21)23)34(45)49-25/h2,7,11-12,22,24-26,28-29H,1,3-6,8-10,13-20H2,(H,36,44)(H,37,41)(H,38,43)/t24-,25+,28-,29-,35+/m0/s1. The molecular formula is C35H45N5O9S. The number of alkyl carbamates (subject to hydrolysis) is 1. The monoisotopic (exact) mass is 711 g/mol. The normalized spacial score (nSPS) is 30.4. The molecule has 3 aliphatic carbocycles. The quantitative estimate of drug-likeness (QED) is 0.358. The zero-order valence-corrected chi connectivity index (χ0v) is 28.9. The maximum atomic E-state index is 14.4. The summed E-state index contributed by atoms with van der Waals surface area (Å²) in [4.78, 5) is 71.5. The number of hydrogen-bond acceptors (Lipinski definition) is 9. The summed E-state index contributed by atoms with van der Waals surface area (Å²) in [7, 11) is -3.89. The van der Waals surface area contributed by atoms with Crippen molar-refractivity contribution in [3.8, 4) is 0 Å². The molecule has 1 saturated heterocycles. The SMILES string of the molecule is C=C[C@H]1C[C@]1(NC(=O)[C@@H]1C[C@@H]2CN1C(=O)[C@H](C1CCCC1)NC(=O)OCCCCc1cccc3c1CN(C3)C(=O)O2)C(=O)NS(=O)(=O)C1CC1. The van der Waals surface area contributed by atoms with Crippen molar-refractivity contribution in [1.29, 1.82) is 0 Å². The van der Waals surface area contributed by atoms with Crippen LogP contribution in [-0.2, 0) is 53.4 Å². The highest BCUT2D eigenvalue weighted by Gasteiger charge is 2.62. The molecule has 6 aliphatic rings. The molecule has 270 valence electrons. The third-order valence-electron chi connectivity index (χ3n) is 11.2. The van der Waals surface area contributed by atoms with Gasteiger partial charge in [-0.15, -0.1) is 6.58 Å². The number of amides is 5. The van der Waals surface area contributed by atoms with E-state index in [1.807, 2.05) is 18.2 Å². The Labute approximate surface area is 291 Å². The molecule has 0 spiro atoms. The molecule has 1 aromatic rings. The summed E-state index contributed by atoms with van der Waals surface area (Å²) in [6.45, 7) is 4.57. The van der Waals surface area contributed by atoms with E-state index in [0.717, 1.165) is 42.4 Å². The van der Waals surface area contributed by atoms with Crippen molar-refractivity contribution in [2.24, 2.45) is 11.8 Å². The molecule has 7 rings (SSSR count). The zero-order chi connectivity index (χ0) is 35.2. The number of rotatable bonds is 7. The number of benzene rings is 1. The second kappa shape index (κ2) is 13.5. The molecule has 5 atom stereocenters. The summed E-state index contributed by atoms with van der Waals surface area (Å²) < 4.78 is 38.9. The molecule has 1 aromatic carbocycles. The zero-order valence-electron chi connectivity index (χ0n) is 28.1.